The van der Waals surface area contributed by atoms with Crippen molar-refractivity contribution in [2.75, 3.05) is 6.54 Å². The average Bonchev–Trinajstić information content (AvgIpc) is 2.52. The number of hydrogen-bond donors (Lipinski definition) is 1. The summed E-state index contributed by atoms with van der Waals surface area (Å²) < 4.78 is 0. The summed E-state index contributed by atoms with van der Waals surface area (Å²) in [6.45, 7) is 5.82. The molecule has 0 aliphatic carbocycles. The van der Waals surface area contributed by atoms with Crippen LogP contribution in [-0.2, 0) is 12.8 Å². The molecule has 1 heterocycles. The fourth-order valence-corrected chi connectivity index (χ4v) is 3.28. The van der Waals surface area contributed by atoms with Crippen LogP contribution in [0.25, 0.3) is 0 Å². The Bertz CT molecular complexity index is 368. The molecule has 1 N–H and O–H groups in total. The Morgan fingerprint density at radius 3 is 2.40 bits per heavy atom. The number of benzene rings is 1. The molecule has 1 aromatic carbocycles. The first-order chi connectivity index (χ1) is 9.81. The van der Waals surface area contributed by atoms with Crippen molar-refractivity contribution in [1.82, 2.24) is 5.32 Å². The van der Waals surface area contributed by atoms with Crippen LogP contribution in [0.3, 0.4) is 0 Å². The molecule has 1 saturated heterocycles. The summed E-state index contributed by atoms with van der Waals surface area (Å²) in [7, 11) is 0. The highest BCUT2D eigenvalue weighted by molar-refractivity contribution is 5.22. The minimum Gasteiger partial charge on any atom is -0.314 e. The zero-order valence-corrected chi connectivity index (χ0v) is 13.3. The van der Waals surface area contributed by atoms with Crippen molar-refractivity contribution in [1.29, 1.82) is 0 Å². The van der Waals surface area contributed by atoms with Gasteiger partial charge < -0.3 is 5.32 Å². The Morgan fingerprint density at radius 1 is 1.05 bits per heavy atom. The van der Waals surface area contributed by atoms with Crippen LogP contribution in [-0.4, -0.2) is 12.6 Å². The lowest BCUT2D eigenvalue weighted by Crippen LogP contribution is -2.38. The highest BCUT2D eigenvalue weighted by Gasteiger charge is 2.19. The normalized spacial score (nSPS) is 22.9. The highest BCUT2D eigenvalue weighted by Crippen LogP contribution is 2.22. The van der Waals surface area contributed by atoms with Gasteiger partial charge >= 0.3 is 0 Å². The van der Waals surface area contributed by atoms with E-state index in [2.05, 4.69) is 43.4 Å². The van der Waals surface area contributed by atoms with E-state index in [1.807, 2.05) is 0 Å². The van der Waals surface area contributed by atoms with Crippen LogP contribution < -0.4 is 5.32 Å². The molecule has 20 heavy (non-hydrogen) atoms. The largest absolute Gasteiger partial charge is 0.314 e. The van der Waals surface area contributed by atoms with Crippen molar-refractivity contribution in [3.63, 3.8) is 0 Å². The van der Waals surface area contributed by atoms with E-state index in [9.17, 15) is 0 Å². The lowest BCUT2D eigenvalue weighted by molar-refractivity contribution is 0.285. The molecular weight excluding hydrogens is 242 g/mol. The van der Waals surface area contributed by atoms with Gasteiger partial charge in [0.05, 0.1) is 0 Å². The summed E-state index contributed by atoms with van der Waals surface area (Å²) in [5.74, 6) is 0.956. The van der Waals surface area contributed by atoms with Crippen LogP contribution in [0.1, 0.15) is 63.5 Å². The molecule has 112 valence electrons. The van der Waals surface area contributed by atoms with Crippen LogP contribution in [0.4, 0.5) is 0 Å². The van der Waals surface area contributed by atoms with E-state index >= 15 is 0 Å². The summed E-state index contributed by atoms with van der Waals surface area (Å²) in [6.07, 6.45) is 10.5. The zero-order valence-electron chi connectivity index (χ0n) is 13.3. The lowest BCUT2D eigenvalue weighted by atomic mass is 9.88. The van der Waals surface area contributed by atoms with Crippen molar-refractivity contribution < 1.29 is 0 Å². The van der Waals surface area contributed by atoms with E-state index in [0.29, 0.717) is 0 Å². The first-order valence-corrected chi connectivity index (χ1v) is 8.63. The van der Waals surface area contributed by atoms with E-state index < -0.39 is 0 Å². The number of piperidine rings is 1. The maximum atomic E-state index is 3.69. The number of aryl methyl sites for hydroxylation is 2. The van der Waals surface area contributed by atoms with Crippen LogP contribution in [0.5, 0.6) is 0 Å². The maximum Gasteiger partial charge on any atom is 0.00728 e. The Balaban J connectivity index is 1.75. The summed E-state index contributed by atoms with van der Waals surface area (Å²) in [5.41, 5.74) is 3.00. The van der Waals surface area contributed by atoms with Crippen molar-refractivity contribution in [2.24, 2.45) is 5.92 Å². The summed E-state index contributed by atoms with van der Waals surface area (Å²) in [4.78, 5) is 0. The van der Waals surface area contributed by atoms with Gasteiger partial charge in [-0.2, -0.15) is 0 Å². The first-order valence-electron chi connectivity index (χ1n) is 8.63. The molecule has 1 aromatic rings. The molecule has 2 unspecified atom stereocenters. The number of nitrogens with one attached hydrogen (secondary N) is 1. The molecule has 1 heteroatoms. The third-order valence-corrected chi connectivity index (χ3v) is 4.80. The zero-order chi connectivity index (χ0) is 14.2. The molecule has 2 rings (SSSR count). The number of hydrogen-bond acceptors (Lipinski definition) is 1. The average molecular weight is 273 g/mol. The molecule has 0 bridgehead atoms. The molecule has 0 spiro atoms. The monoisotopic (exact) mass is 273 g/mol. The van der Waals surface area contributed by atoms with Gasteiger partial charge in [-0.25, -0.2) is 0 Å². The minimum absolute atomic E-state index is 0.744. The summed E-state index contributed by atoms with van der Waals surface area (Å²) in [5, 5.41) is 3.69. The van der Waals surface area contributed by atoms with Crippen LogP contribution in [0, 0.1) is 5.92 Å². The SMILES string of the molecule is CCCCc1ccc(CCC2CC(CC)CCN2)cc1. The second kappa shape index (κ2) is 8.46. The van der Waals surface area contributed by atoms with E-state index in [0.717, 1.165) is 12.0 Å². The minimum atomic E-state index is 0.744. The van der Waals surface area contributed by atoms with Gasteiger partial charge in [0.15, 0.2) is 0 Å². The van der Waals surface area contributed by atoms with Crippen LogP contribution in [0.15, 0.2) is 24.3 Å². The van der Waals surface area contributed by atoms with Gasteiger partial charge in [-0.1, -0.05) is 51.0 Å². The molecule has 0 aromatic heterocycles. The smallest absolute Gasteiger partial charge is 0.00728 e. The van der Waals surface area contributed by atoms with Gasteiger partial charge in [-0.15, -0.1) is 0 Å². The maximum absolute atomic E-state index is 3.69. The quantitative estimate of drug-likeness (QED) is 0.756. The van der Waals surface area contributed by atoms with E-state index in [4.69, 9.17) is 0 Å². The van der Waals surface area contributed by atoms with Gasteiger partial charge in [0, 0.05) is 6.04 Å². The summed E-state index contributed by atoms with van der Waals surface area (Å²) in [6, 6.07) is 10.1. The fraction of sp³-hybridized carbons (Fsp3) is 0.684. The molecule has 0 amide bonds. The molecule has 2 atom stereocenters. The second-order valence-electron chi connectivity index (χ2n) is 6.41. The molecule has 0 radical (unpaired) electrons. The van der Waals surface area contributed by atoms with Crippen molar-refractivity contribution in [3.8, 4) is 0 Å². The molecule has 0 saturated carbocycles. The molecule has 1 nitrogen and oxygen atoms in total. The number of unbranched alkanes of at least 4 members (excludes halogenated alkanes) is 1. The first kappa shape index (κ1) is 15.6. The number of rotatable bonds is 7. The lowest BCUT2D eigenvalue weighted by Gasteiger charge is -2.29. The van der Waals surface area contributed by atoms with Crippen molar-refractivity contribution in [3.05, 3.63) is 35.4 Å². The topological polar surface area (TPSA) is 12.0 Å². The van der Waals surface area contributed by atoms with Crippen molar-refractivity contribution in [2.45, 2.75) is 71.3 Å². The van der Waals surface area contributed by atoms with Crippen LogP contribution >= 0.6 is 0 Å². The third-order valence-electron chi connectivity index (χ3n) is 4.80. The van der Waals surface area contributed by atoms with E-state index in [-0.39, 0.29) is 0 Å². The Kier molecular flexibility index (Phi) is 6.59. The molecular formula is C19H31N. The van der Waals surface area contributed by atoms with Gasteiger partial charge in [0.2, 0.25) is 0 Å². The molecule has 1 aliphatic rings. The summed E-state index contributed by atoms with van der Waals surface area (Å²) >= 11 is 0. The Labute approximate surface area is 125 Å². The van der Waals surface area contributed by atoms with Crippen LogP contribution in [0.2, 0.25) is 0 Å². The van der Waals surface area contributed by atoms with Gasteiger partial charge in [0.1, 0.15) is 0 Å². The molecule has 1 fully saturated rings. The van der Waals surface area contributed by atoms with Gasteiger partial charge in [0.25, 0.3) is 0 Å². The van der Waals surface area contributed by atoms with E-state index in [1.54, 1.807) is 0 Å². The van der Waals surface area contributed by atoms with E-state index in [1.165, 1.54) is 69.0 Å². The third kappa shape index (κ3) is 4.94. The van der Waals surface area contributed by atoms with Gasteiger partial charge in [-0.05, 0) is 62.1 Å². The Morgan fingerprint density at radius 2 is 1.75 bits per heavy atom. The van der Waals surface area contributed by atoms with Crippen molar-refractivity contribution >= 4 is 0 Å². The predicted octanol–water partition coefficient (Wildman–Crippen LogP) is 4.74. The van der Waals surface area contributed by atoms with Gasteiger partial charge in [-0.3, -0.25) is 0 Å². The molecule has 1 aliphatic heterocycles. The Hall–Kier alpha value is -0.820. The predicted molar refractivity (Wildman–Crippen MR) is 88.2 cm³/mol. The highest BCUT2D eigenvalue weighted by atomic mass is 14.9. The fourth-order valence-electron chi connectivity index (χ4n) is 3.28. The second-order valence-corrected chi connectivity index (χ2v) is 6.41. The standard InChI is InChI=1S/C19H31N/c1-3-5-6-17-7-9-18(10-8-17)11-12-19-15-16(4-2)13-14-20-19/h7-10,16,19-20H,3-6,11-15H2,1-2H3.